The predicted octanol–water partition coefficient (Wildman–Crippen LogP) is 10.6. The van der Waals surface area contributed by atoms with Crippen molar-refractivity contribution >= 4 is 50.2 Å². The van der Waals surface area contributed by atoms with Crippen LogP contribution in [0, 0.1) is 10.8 Å². The Morgan fingerprint density at radius 3 is 2.11 bits per heavy atom. The number of aromatic nitrogens is 2. The fourth-order valence-corrected chi connectivity index (χ4v) is 6.71. The molecule has 8 aromatic rings. The Bertz CT molecular complexity index is 2610. The van der Waals surface area contributed by atoms with Gasteiger partial charge in [0, 0.05) is 33.0 Å². The SMILES string of the molecule is N=C1C=Cc2ccc3cc(-c4nc(-c5ccccc5-c5ccccc5)cc(-c5cccc6oc7ccccc7c56)n4)ccc3c2C1=N. The molecule has 2 aromatic heterocycles. The molecule has 5 heteroatoms. The molecule has 0 atom stereocenters. The van der Waals surface area contributed by atoms with Crippen LogP contribution in [-0.2, 0) is 0 Å². The quantitative estimate of drug-likeness (QED) is 0.210. The summed E-state index contributed by atoms with van der Waals surface area (Å²) in [5, 5.41) is 20.8. The maximum atomic E-state index is 8.62. The molecular formula is C42H26N4O. The summed E-state index contributed by atoms with van der Waals surface area (Å²) in [5.74, 6) is 0.604. The minimum atomic E-state index is 0.216. The molecule has 220 valence electrons. The van der Waals surface area contributed by atoms with Gasteiger partial charge in [0.05, 0.1) is 22.8 Å². The monoisotopic (exact) mass is 602 g/mol. The second kappa shape index (κ2) is 10.6. The zero-order valence-corrected chi connectivity index (χ0v) is 25.2. The van der Waals surface area contributed by atoms with Gasteiger partial charge in [-0.2, -0.15) is 0 Å². The van der Waals surface area contributed by atoms with Gasteiger partial charge in [-0.05, 0) is 57.8 Å². The number of nitrogens with zero attached hydrogens (tertiary/aromatic N) is 2. The maximum absolute atomic E-state index is 8.62. The summed E-state index contributed by atoms with van der Waals surface area (Å²) in [5.41, 5.74) is 10.5. The number of furan rings is 1. The second-order valence-electron chi connectivity index (χ2n) is 11.7. The average Bonchev–Trinajstić information content (AvgIpc) is 3.52. The van der Waals surface area contributed by atoms with E-state index in [1.165, 1.54) is 0 Å². The molecule has 0 saturated heterocycles. The Balaban J connectivity index is 1.30. The molecule has 0 fully saturated rings. The summed E-state index contributed by atoms with van der Waals surface area (Å²) >= 11 is 0. The lowest BCUT2D eigenvalue weighted by atomic mass is 9.89. The summed E-state index contributed by atoms with van der Waals surface area (Å²) in [6, 6.07) is 45.3. The van der Waals surface area contributed by atoms with Crippen molar-refractivity contribution < 1.29 is 4.42 Å². The van der Waals surface area contributed by atoms with E-state index in [9.17, 15) is 0 Å². The predicted molar refractivity (Wildman–Crippen MR) is 192 cm³/mol. The number of para-hydroxylation sites is 1. The third-order valence-corrected chi connectivity index (χ3v) is 8.95. The van der Waals surface area contributed by atoms with Gasteiger partial charge >= 0.3 is 0 Å². The van der Waals surface area contributed by atoms with Crippen LogP contribution in [0.25, 0.3) is 83.8 Å². The molecule has 0 aliphatic heterocycles. The molecule has 5 nitrogen and oxygen atoms in total. The Hall–Kier alpha value is -6.46. The van der Waals surface area contributed by atoms with E-state index >= 15 is 0 Å². The zero-order chi connectivity index (χ0) is 31.5. The number of allylic oxidation sites excluding steroid dienone is 1. The molecule has 0 unspecified atom stereocenters. The van der Waals surface area contributed by atoms with Gasteiger partial charge in [-0.25, -0.2) is 9.97 Å². The molecule has 2 N–H and O–H groups in total. The second-order valence-corrected chi connectivity index (χ2v) is 11.7. The number of benzene rings is 6. The fourth-order valence-electron chi connectivity index (χ4n) is 6.71. The lowest BCUT2D eigenvalue weighted by Gasteiger charge is -2.16. The largest absolute Gasteiger partial charge is 0.456 e. The molecule has 47 heavy (non-hydrogen) atoms. The van der Waals surface area contributed by atoms with Crippen molar-refractivity contribution in [2.24, 2.45) is 0 Å². The van der Waals surface area contributed by atoms with E-state index in [2.05, 4.69) is 72.8 Å². The first-order chi connectivity index (χ1) is 23.1. The number of rotatable bonds is 4. The van der Waals surface area contributed by atoms with Crippen LogP contribution >= 0.6 is 0 Å². The molecule has 2 heterocycles. The van der Waals surface area contributed by atoms with Gasteiger partial charge in [0.15, 0.2) is 5.82 Å². The third kappa shape index (κ3) is 4.40. The average molecular weight is 603 g/mol. The first-order valence-electron chi connectivity index (χ1n) is 15.5. The van der Waals surface area contributed by atoms with Crippen molar-refractivity contribution in [3.05, 3.63) is 151 Å². The van der Waals surface area contributed by atoms with Crippen molar-refractivity contribution in [2.75, 3.05) is 0 Å². The zero-order valence-electron chi connectivity index (χ0n) is 25.2. The normalized spacial score (nSPS) is 12.7. The maximum Gasteiger partial charge on any atom is 0.160 e. The number of fused-ring (bicyclic) bond motifs is 6. The summed E-state index contributed by atoms with van der Waals surface area (Å²) in [6.45, 7) is 0. The number of nitrogens with one attached hydrogen (secondary N) is 2. The van der Waals surface area contributed by atoms with E-state index in [4.69, 9.17) is 25.2 Å². The molecule has 0 amide bonds. The van der Waals surface area contributed by atoms with E-state index in [0.717, 1.165) is 83.0 Å². The van der Waals surface area contributed by atoms with Crippen LogP contribution < -0.4 is 0 Å². The Morgan fingerprint density at radius 2 is 1.23 bits per heavy atom. The van der Waals surface area contributed by atoms with Crippen LogP contribution in [0.3, 0.4) is 0 Å². The van der Waals surface area contributed by atoms with Gasteiger partial charge in [-0.1, -0.05) is 115 Å². The van der Waals surface area contributed by atoms with Crippen LogP contribution in [0.1, 0.15) is 11.1 Å². The van der Waals surface area contributed by atoms with Gasteiger partial charge in [0.1, 0.15) is 11.2 Å². The highest BCUT2D eigenvalue weighted by molar-refractivity contribution is 6.53. The lowest BCUT2D eigenvalue weighted by molar-refractivity contribution is 0.669. The Labute approximate surface area is 270 Å². The standard InChI is InChI=1S/C42H26N4O/c43-34-22-20-26-17-18-27-23-28(19-21-30(27)39(26)41(34)44)42-45-35(31-12-5-4-11-29(31)25-9-2-1-3-10-25)24-36(46-42)32-14-8-16-38-40(32)33-13-6-7-15-37(33)47-38/h1-24,43-44H. The van der Waals surface area contributed by atoms with Crippen molar-refractivity contribution in [1.29, 1.82) is 10.8 Å². The van der Waals surface area contributed by atoms with Crippen LogP contribution in [0.4, 0.5) is 0 Å². The molecular weight excluding hydrogens is 576 g/mol. The molecule has 6 aromatic carbocycles. The Morgan fingerprint density at radius 1 is 0.511 bits per heavy atom. The van der Waals surface area contributed by atoms with E-state index in [1.54, 1.807) is 6.08 Å². The van der Waals surface area contributed by atoms with Gasteiger partial charge in [0.2, 0.25) is 0 Å². The van der Waals surface area contributed by atoms with E-state index in [0.29, 0.717) is 5.82 Å². The van der Waals surface area contributed by atoms with Crippen molar-refractivity contribution in [3.63, 3.8) is 0 Å². The first kappa shape index (κ1) is 26.9. The lowest BCUT2D eigenvalue weighted by Crippen LogP contribution is -2.16. The fraction of sp³-hybridized carbons (Fsp3) is 0. The van der Waals surface area contributed by atoms with Gasteiger partial charge in [-0.3, -0.25) is 10.8 Å². The molecule has 1 aliphatic carbocycles. The van der Waals surface area contributed by atoms with E-state index in [-0.39, 0.29) is 11.4 Å². The molecule has 0 saturated carbocycles. The number of hydrogen-bond acceptors (Lipinski definition) is 5. The molecule has 0 radical (unpaired) electrons. The van der Waals surface area contributed by atoms with Crippen LogP contribution in [0.5, 0.6) is 0 Å². The van der Waals surface area contributed by atoms with Gasteiger partial charge < -0.3 is 4.42 Å². The molecule has 1 aliphatic rings. The minimum Gasteiger partial charge on any atom is -0.456 e. The van der Waals surface area contributed by atoms with Crippen molar-refractivity contribution in [3.8, 4) is 45.0 Å². The highest BCUT2D eigenvalue weighted by atomic mass is 16.3. The van der Waals surface area contributed by atoms with Gasteiger partial charge in [-0.15, -0.1) is 0 Å². The van der Waals surface area contributed by atoms with Crippen LogP contribution in [-0.4, -0.2) is 21.4 Å². The summed E-state index contributed by atoms with van der Waals surface area (Å²) in [6.07, 6.45) is 3.59. The van der Waals surface area contributed by atoms with Crippen molar-refractivity contribution in [2.45, 2.75) is 0 Å². The molecule has 9 rings (SSSR count). The summed E-state index contributed by atoms with van der Waals surface area (Å²) in [4.78, 5) is 10.4. The summed E-state index contributed by atoms with van der Waals surface area (Å²) in [7, 11) is 0. The first-order valence-corrected chi connectivity index (χ1v) is 15.5. The molecule has 0 spiro atoms. The van der Waals surface area contributed by atoms with Gasteiger partial charge in [0.25, 0.3) is 0 Å². The Kier molecular flexibility index (Phi) is 6.05. The van der Waals surface area contributed by atoms with Crippen molar-refractivity contribution in [1.82, 2.24) is 9.97 Å². The minimum absolute atomic E-state index is 0.216. The topological polar surface area (TPSA) is 86.6 Å². The van der Waals surface area contributed by atoms with Crippen LogP contribution in [0.2, 0.25) is 0 Å². The highest BCUT2D eigenvalue weighted by Crippen LogP contribution is 2.39. The summed E-state index contributed by atoms with van der Waals surface area (Å²) < 4.78 is 6.25. The highest BCUT2D eigenvalue weighted by Gasteiger charge is 2.20. The third-order valence-electron chi connectivity index (χ3n) is 8.95. The van der Waals surface area contributed by atoms with E-state index in [1.807, 2.05) is 66.7 Å². The number of hydrogen-bond donors (Lipinski definition) is 2. The molecule has 0 bridgehead atoms. The van der Waals surface area contributed by atoms with Crippen LogP contribution in [0.15, 0.2) is 144 Å². The van der Waals surface area contributed by atoms with E-state index < -0.39 is 0 Å². The smallest absolute Gasteiger partial charge is 0.160 e.